The van der Waals surface area contributed by atoms with Crippen LogP contribution in [-0.4, -0.2) is 6.04 Å². The molecule has 84 valence electrons. The topological polar surface area (TPSA) is 38.0 Å². The lowest BCUT2D eigenvalue weighted by atomic mass is 10.1. The zero-order valence-corrected chi connectivity index (χ0v) is 10.1. The van der Waals surface area contributed by atoms with Crippen molar-refractivity contribution >= 4 is 23.0 Å². The van der Waals surface area contributed by atoms with Gasteiger partial charge in [0.05, 0.1) is 16.4 Å². The van der Waals surface area contributed by atoms with Gasteiger partial charge in [-0.15, -0.1) is 0 Å². The van der Waals surface area contributed by atoms with Crippen molar-refractivity contribution in [3.8, 4) is 0 Å². The fourth-order valence-corrected chi connectivity index (χ4v) is 1.76. The first-order valence-electron chi connectivity index (χ1n) is 5.45. The largest absolute Gasteiger partial charge is 0.397 e. The molecule has 0 saturated carbocycles. The van der Waals surface area contributed by atoms with Crippen molar-refractivity contribution in [3.05, 3.63) is 23.2 Å². The Bertz CT molecular complexity index is 292. The molecule has 1 aromatic rings. The molecule has 0 aliphatic heterocycles. The van der Waals surface area contributed by atoms with E-state index in [2.05, 4.69) is 19.2 Å². The summed E-state index contributed by atoms with van der Waals surface area (Å²) in [5.41, 5.74) is 7.43. The Kier molecular flexibility index (Phi) is 4.76. The molecule has 0 aromatic heterocycles. The van der Waals surface area contributed by atoms with Crippen LogP contribution < -0.4 is 11.1 Å². The minimum Gasteiger partial charge on any atom is -0.397 e. The number of nitrogen functional groups attached to an aromatic ring is 1. The highest BCUT2D eigenvalue weighted by Gasteiger charge is 2.07. The van der Waals surface area contributed by atoms with Crippen LogP contribution in [0.15, 0.2) is 18.2 Å². The average molecular weight is 227 g/mol. The predicted octanol–water partition coefficient (Wildman–Crippen LogP) is 3.91. The van der Waals surface area contributed by atoms with Crippen LogP contribution in [-0.2, 0) is 0 Å². The highest BCUT2D eigenvalue weighted by Crippen LogP contribution is 2.28. The number of hydrogen-bond donors (Lipinski definition) is 2. The second-order valence-electron chi connectivity index (χ2n) is 3.89. The van der Waals surface area contributed by atoms with E-state index in [1.54, 1.807) is 0 Å². The molecule has 0 saturated heterocycles. The number of unbranched alkanes of at least 4 members (excludes halogenated alkanes) is 1. The quantitative estimate of drug-likeness (QED) is 0.747. The predicted molar refractivity (Wildman–Crippen MR) is 68.5 cm³/mol. The smallest absolute Gasteiger partial charge is 0.0765 e. The monoisotopic (exact) mass is 226 g/mol. The second kappa shape index (κ2) is 5.86. The van der Waals surface area contributed by atoms with Gasteiger partial charge in [-0.05, 0) is 25.5 Å². The summed E-state index contributed by atoms with van der Waals surface area (Å²) >= 11 is 6.07. The van der Waals surface area contributed by atoms with E-state index >= 15 is 0 Å². The molecule has 3 N–H and O–H groups in total. The fourth-order valence-electron chi connectivity index (χ4n) is 1.52. The van der Waals surface area contributed by atoms with Gasteiger partial charge >= 0.3 is 0 Å². The van der Waals surface area contributed by atoms with Crippen LogP contribution in [0.5, 0.6) is 0 Å². The molecule has 0 aliphatic rings. The van der Waals surface area contributed by atoms with Crippen LogP contribution in [0.4, 0.5) is 11.4 Å². The number of para-hydroxylation sites is 1. The number of benzene rings is 1. The molecule has 0 bridgehead atoms. The van der Waals surface area contributed by atoms with Gasteiger partial charge in [-0.1, -0.05) is 37.4 Å². The molecule has 0 aliphatic carbocycles. The minimum atomic E-state index is 0.409. The lowest BCUT2D eigenvalue weighted by Gasteiger charge is -2.17. The summed E-state index contributed by atoms with van der Waals surface area (Å²) in [6.45, 7) is 4.34. The van der Waals surface area contributed by atoms with Crippen LogP contribution in [0, 0.1) is 0 Å². The van der Waals surface area contributed by atoms with E-state index < -0.39 is 0 Å². The Morgan fingerprint density at radius 2 is 2.20 bits per heavy atom. The summed E-state index contributed by atoms with van der Waals surface area (Å²) in [6.07, 6.45) is 3.57. The standard InChI is InChI=1S/C12H19ClN2/c1-3-4-6-9(2)15-12-10(13)7-5-8-11(12)14/h5,7-9,15H,3-4,6,14H2,1-2H3. The van der Waals surface area contributed by atoms with Crippen molar-refractivity contribution in [1.82, 2.24) is 0 Å². The number of anilines is 2. The summed E-state index contributed by atoms with van der Waals surface area (Å²) in [5.74, 6) is 0. The van der Waals surface area contributed by atoms with Crippen LogP contribution in [0.2, 0.25) is 5.02 Å². The maximum absolute atomic E-state index is 6.07. The number of nitrogens with two attached hydrogens (primary N) is 1. The Balaban J connectivity index is 2.63. The summed E-state index contributed by atoms with van der Waals surface area (Å²) in [5, 5.41) is 4.05. The third-order valence-corrected chi connectivity index (χ3v) is 2.74. The maximum Gasteiger partial charge on any atom is 0.0765 e. The van der Waals surface area contributed by atoms with E-state index in [-0.39, 0.29) is 0 Å². The molecule has 3 heteroatoms. The summed E-state index contributed by atoms with van der Waals surface area (Å²) in [4.78, 5) is 0. The molecule has 0 radical (unpaired) electrons. The van der Waals surface area contributed by atoms with Gasteiger partial charge in [0.25, 0.3) is 0 Å². The van der Waals surface area contributed by atoms with E-state index in [9.17, 15) is 0 Å². The molecule has 1 rings (SSSR count). The lowest BCUT2D eigenvalue weighted by Crippen LogP contribution is -2.16. The summed E-state index contributed by atoms with van der Waals surface area (Å²) in [7, 11) is 0. The lowest BCUT2D eigenvalue weighted by molar-refractivity contribution is 0.645. The molecule has 0 fully saturated rings. The third-order valence-electron chi connectivity index (χ3n) is 2.43. The molecular weight excluding hydrogens is 208 g/mol. The zero-order chi connectivity index (χ0) is 11.3. The van der Waals surface area contributed by atoms with Gasteiger partial charge in [-0.3, -0.25) is 0 Å². The van der Waals surface area contributed by atoms with Gasteiger partial charge < -0.3 is 11.1 Å². The van der Waals surface area contributed by atoms with E-state index in [0.717, 1.165) is 12.1 Å². The first-order valence-corrected chi connectivity index (χ1v) is 5.83. The molecule has 0 amide bonds. The Morgan fingerprint density at radius 1 is 1.47 bits per heavy atom. The number of rotatable bonds is 5. The van der Waals surface area contributed by atoms with E-state index in [1.165, 1.54) is 12.8 Å². The number of nitrogens with one attached hydrogen (secondary N) is 1. The number of hydrogen-bond acceptors (Lipinski definition) is 2. The molecular formula is C12H19ClN2. The van der Waals surface area contributed by atoms with Gasteiger partial charge in [0.15, 0.2) is 0 Å². The SMILES string of the molecule is CCCCC(C)Nc1c(N)cccc1Cl. The maximum atomic E-state index is 6.07. The molecule has 0 spiro atoms. The molecule has 1 atom stereocenters. The van der Waals surface area contributed by atoms with E-state index in [0.29, 0.717) is 16.8 Å². The van der Waals surface area contributed by atoms with E-state index in [1.807, 2.05) is 18.2 Å². The second-order valence-corrected chi connectivity index (χ2v) is 4.30. The molecule has 1 aromatic carbocycles. The molecule has 1 unspecified atom stereocenters. The minimum absolute atomic E-state index is 0.409. The third kappa shape index (κ3) is 3.63. The molecule has 2 nitrogen and oxygen atoms in total. The summed E-state index contributed by atoms with van der Waals surface area (Å²) in [6, 6.07) is 5.99. The van der Waals surface area contributed by atoms with Gasteiger partial charge in [-0.25, -0.2) is 0 Å². The van der Waals surface area contributed by atoms with Gasteiger partial charge in [-0.2, -0.15) is 0 Å². The zero-order valence-electron chi connectivity index (χ0n) is 9.39. The van der Waals surface area contributed by atoms with Crippen LogP contribution in [0.1, 0.15) is 33.1 Å². The van der Waals surface area contributed by atoms with Gasteiger partial charge in [0.2, 0.25) is 0 Å². The number of halogens is 1. The van der Waals surface area contributed by atoms with Crippen molar-refractivity contribution in [2.45, 2.75) is 39.2 Å². The van der Waals surface area contributed by atoms with Crippen LogP contribution in [0.25, 0.3) is 0 Å². The molecule has 0 heterocycles. The normalized spacial score (nSPS) is 12.5. The first-order chi connectivity index (χ1) is 7.15. The fraction of sp³-hybridized carbons (Fsp3) is 0.500. The highest BCUT2D eigenvalue weighted by atomic mass is 35.5. The van der Waals surface area contributed by atoms with Gasteiger partial charge in [0, 0.05) is 6.04 Å². The highest BCUT2D eigenvalue weighted by molar-refractivity contribution is 6.33. The average Bonchev–Trinajstić information content (AvgIpc) is 2.21. The van der Waals surface area contributed by atoms with Crippen molar-refractivity contribution in [2.75, 3.05) is 11.1 Å². The Morgan fingerprint density at radius 3 is 2.80 bits per heavy atom. The Labute approximate surface area is 96.8 Å². The first kappa shape index (κ1) is 12.2. The molecule has 15 heavy (non-hydrogen) atoms. The van der Waals surface area contributed by atoms with Gasteiger partial charge in [0.1, 0.15) is 0 Å². The van der Waals surface area contributed by atoms with Crippen LogP contribution >= 0.6 is 11.6 Å². The summed E-state index contributed by atoms with van der Waals surface area (Å²) < 4.78 is 0. The van der Waals surface area contributed by atoms with Crippen LogP contribution in [0.3, 0.4) is 0 Å². The van der Waals surface area contributed by atoms with Crippen molar-refractivity contribution in [3.63, 3.8) is 0 Å². The van der Waals surface area contributed by atoms with Crippen molar-refractivity contribution in [1.29, 1.82) is 0 Å². The van der Waals surface area contributed by atoms with Crippen molar-refractivity contribution in [2.24, 2.45) is 0 Å². The van der Waals surface area contributed by atoms with Crippen molar-refractivity contribution < 1.29 is 0 Å². The Hall–Kier alpha value is -0.890. The van der Waals surface area contributed by atoms with E-state index in [4.69, 9.17) is 17.3 Å².